The number of hydrogen-bond donors (Lipinski definition) is 0. The van der Waals surface area contributed by atoms with Crippen molar-refractivity contribution >= 4 is 22.8 Å². The van der Waals surface area contributed by atoms with E-state index in [2.05, 4.69) is 26.0 Å². The van der Waals surface area contributed by atoms with Crippen molar-refractivity contribution in [1.82, 2.24) is 24.6 Å². The molecule has 0 radical (unpaired) electrons. The van der Waals surface area contributed by atoms with E-state index in [-0.39, 0.29) is 12.5 Å². The van der Waals surface area contributed by atoms with Crippen LogP contribution in [0.3, 0.4) is 0 Å². The zero-order valence-corrected chi connectivity index (χ0v) is 21.1. The van der Waals surface area contributed by atoms with E-state index in [9.17, 15) is 4.79 Å². The summed E-state index contributed by atoms with van der Waals surface area (Å²) in [7, 11) is 0. The first-order valence-corrected chi connectivity index (χ1v) is 12.3. The molecule has 2 fully saturated rings. The van der Waals surface area contributed by atoms with Crippen LogP contribution in [0.2, 0.25) is 0 Å². The lowest BCUT2D eigenvalue weighted by molar-refractivity contribution is 0.0111. The number of halogens is 1. The minimum absolute atomic E-state index is 0.0284. The Morgan fingerprint density at radius 1 is 1.09 bits per heavy atom. The molecule has 2 saturated heterocycles. The number of alkyl halides is 1. The summed E-state index contributed by atoms with van der Waals surface area (Å²) in [6, 6.07) is 6.07. The quantitative estimate of drug-likeness (QED) is 0.541. The van der Waals surface area contributed by atoms with E-state index in [1.54, 1.807) is 0 Å². The van der Waals surface area contributed by atoms with Gasteiger partial charge < -0.3 is 14.5 Å². The highest BCUT2D eigenvalue weighted by molar-refractivity contribution is 5.82. The minimum atomic E-state index is -1.18. The Bertz CT molecular complexity index is 1260. The van der Waals surface area contributed by atoms with Crippen molar-refractivity contribution in [3.8, 4) is 5.82 Å². The van der Waals surface area contributed by atoms with Gasteiger partial charge in [-0.15, -0.1) is 0 Å². The van der Waals surface area contributed by atoms with Gasteiger partial charge in [0.25, 0.3) is 0 Å². The van der Waals surface area contributed by atoms with Crippen LogP contribution in [-0.2, 0) is 4.74 Å². The van der Waals surface area contributed by atoms with Crippen LogP contribution in [0.15, 0.2) is 24.4 Å². The van der Waals surface area contributed by atoms with Gasteiger partial charge in [-0.2, -0.15) is 5.10 Å². The van der Waals surface area contributed by atoms with E-state index in [4.69, 9.17) is 4.74 Å². The highest BCUT2D eigenvalue weighted by Crippen LogP contribution is 2.35. The third-order valence-corrected chi connectivity index (χ3v) is 6.76. The number of nitrogens with zero attached hydrogens (tertiary/aromatic N) is 6. The minimum Gasteiger partial charge on any atom is -0.444 e. The van der Waals surface area contributed by atoms with Crippen molar-refractivity contribution in [2.45, 2.75) is 65.2 Å². The van der Waals surface area contributed by atoms with E-state index in [0.29, 0.717) is 24.6 Å². The van der Waals surface area contributed by atoms with Gasteiger partial charge in [0.05, 0.1) is 18.3 Å². The molecule has 0 saturated carbocycles. The van der Waals surface area contributed by atoms with Crippen molar-refractivity contribution in [2.75, 3.05) is 31.1 Å². The van der Waals surface area contributed by atoms with Gasteiger partial charge in [0, 0.05) is 37.0 Å². The molecular weight excluding hydrogens is 447 g/mol. The monoisotopic (exact) mass is 480 g/mol. The second-order valence-corrected chi connectivity index (χ2v) is 10.6. The summed E-state index contributed by atoms with van der Waals surface area (Å²) in [4.78, 5) is 25.4. The van der Waals surface area contributed by atoms with Crippen LogP contribution in [0.4, 0.5) is 15.0 Å². The van der Waals surface area contributed by atoms with Crippen molar-refractivity contribution in [3.05, 3.63) is 41.3 Å². The molecule has 2 aromatic heterocycles. The third kappa shape index (κ3) is 4.68. The number of amides is 1. The molecule has 2 aliphatic rings. The van der Waals surface area contributed by atoms with Crippen LogP contribution in [0.5, 0.6) is 0 Å². The van der Waals surface area contributed by atoms with Gasteiger partial charge in [-0.1, -0.05) is 0 Å². The molecule has 5 rings (SSSR count). The molecular formula is C26H33FN6O2. The maximum absolute atomic E-state index is 15.4. The Morgan fingerprint density at radius 2 is 1.83 bits per heavy atom. The number of anilines is 1. The van der Waals surface area contributed by atoms with Crippen molar-refractivity contribution < 1.29 is 13.9 Å². The second kappa shape index (κ2) is 8.77. The van der Waals surface area contributed by atoms with Gasteiger partial charge in [-0.3, -0.25) is 0 Å². The van der Waals surface area contributed by atoms with Crippen LogP contribution in [-0.4, -0.2) is 68.7 Å². The van der Waals surface area contributed by atoms with Crippen molar-refractivity contribution in [2.24, 2.45) is 0 Å². The number of aryl methyl sites for hydroxylation is 2. The van der Waals surface area contributed by atoms with Gasteiger partial charge in [-0.05, 0) is 70.7 Å². The summed E-state index contributed by atoms with van der Waals surface area (Å²) in [5, 5.41) is 5.59. The van der Waals surface area contributed by atoms with Crippen molar-refractivity contribution in [1.29, 1.82) is 0 Å². The summed E-state index contributed by atoms with van der Waals surface area (Å²) in [6.07, 6.45) is 1.89. The fourth-order valence-corrected chi connectivity index (χ4v) is 4.89. The number of hydrogen-bond acceptors (Lipinski definition) is 6. The third-order valence-electron chi connectivity index (χ3n) is 6.76. The van der Waals surface area contributed by atoms with Gasteiger partial charge in [0.2, 0.25) is 0 Å². The molecule has 0 N–H and O–H groups in total. The lowest BCUT2D eigenvalue weighted by atomic mass is 9.85. The van der Waals surface area contributed by atoms with Crippen molar-refractivity contribution in [3.63, 3.8) is 0 Å². The van der Waals surface area contributed by atoms with Crippen LogP contribution in [0.25, 0.3) is 16.7 Å². The number of carbonyl (C=O) groups excluding carboxylic acids is 1. The number of carbonyl (C=O) groups is 1. The molecule has 9 heteroatoms. The van der Waals surface area contributed by atoms with E-state index in [1.165, 1.54) is 11.3 Å². The van der Waals surface area contributed by atoms with Crippen LogP contribution >= 0.6 is 0 Å². The summed E-state index contributed by atoms with van der Waals surface area (Å²) in [6.45, 7) is 11.8. The van der Waals surface area contributed by atoms with Gasteiger partial charge in [-0.25, -0.2) is 23.8 Å². The van der Waals surface area contributed by atoms with E-state index in [0.717, 1.165) is 40.9 Å². The molecule has 35 heavy (non-hydrogen) atoms. The first kappa shape index (κ1) is 23.5. The molecule has 3 aromatic rings. The first-order valence-electron chi connectivity index (χ1n) is 12.3. The maximum atomic E-state index is 15.4. The predicted octanol–water partition coefficient (Wildman–Crippen LogP) is 4.70. The van der Waals surface area contributed by atoms with Crippen LogP contribution in [0.1, 0.15) is 56.5 Å². The number of fused-ring (bicyclic) bond motifs is 1. The zero-order valence-electron chi connectivity index (χ0n) is 21.1. The normalized spacial score (nSPS) is 20.7. The highest BCUT2D eigenvalue weighted by atomic mass is 19.1. The average molecular weight is 481 g/mol. The lowest BCUT2D eigenvalue weighted by Crippen LogP contribution is -2.46. The molecule has 0 spiro atoms. The fourth-order valence-electron chi connectivity index (χ4n) is 4.89. The number of benzene rings is 1. The SMILES string of the molecule is Cc1nc(N2CCC2)cc(-n2ncc3cc(C)c(C4CCN(C(=O)OC(C)(C)C)CC4F)cc32)n1. The molecule has 0 bridgehead atoms. The standard InChI is InChI=1S/C26H33FN6O2/c1-16-11-18-14-28-33(24-13-23(29-17(2)30-24)31-8-6-9-31)22(18)12-20(16)19-7-10-32(15-21(19)27)25(34)35-26(3,4)5/h11-14,19,21H,6-10,15H2,1-5H3. The molecule has 2 atom stereocenters. The molecule has 186 valence electrons. The predicted molar refractivity (Wildman–Crippen MR) is 133 cm³/mol. The Balaban J connectivity index is 1.44. The van der Waals surface area contributed by atoms with Crippen LogP contribution in [0, 0.1) is 13.8 Å². The summed E-state index contributed by atoms with van der Waals surface area (Å²) < 4.78 is 22.7. The molecule has 2 unspecified atom stereocenters. The average Bonchev–Trinajstić information content (AvgIpc) is 3.13. The maximum Gasteiger partial charge on any atom is 0.410 e. The van der Waals surface area contributed by atoms with Gasteiger partial charge in [0.15, 0.2) is 5.82 Å². The Kier molecular flexibility index (Phi) is 5.89. The fraction of sp³-hybridized carbons (Fsp3) is 0.538. The lowest BCUT2D eigenvalue weighted by Gasteiger charge is -2.36. The molecule has 2 aliphatic heterocycles. The second-order valence-electron chi connectivity index (χ2n) is 10.6. The van der Waals surface area contributed by atoms with E-state index in [1.807, 2.05) is 57.6 Å². The van der Waals surface area contributed by atoms with Crippen LogP contribution < -0.4 is 4.90 Å². The molecule has 4 heterocycles. The largest absolute Gasteiger partial charge is 0.444 e. The smallest absolute Gasteiger partial charge is 0.410 e. The van der Waals surface area contributed by atoms with E-state index < -0.39 is 17.9 Å². The zero-order chi connectivity index (χ0) is 24.9. The summed E-state index contributed by atoms with van der Waals surface area (Å²) in [5.74, 6) is 2.01. The number of likely N-dealkylation sites (tertiary alicyclic amines) is 1. The van der Waals surface area contributed by atoms with E-state index >= 15 is 4.39 Å². The van der Waals surface area contributed by atoms with Gasteiger partial charge in [0.1, 0.15) is 23.4 Å². The highest BCUT2D eigenvalue weighted by Gasteiger charge is 2.35. The number of rotatable bonds is 3. The summed E-state index contributed by atoms with van der Waals surface area (Å²) >= 11 is 0. The first-order chi connectivity index (χ1) is 16.6. The summed E-state index contributed by atoms with van der Waals surface area (Å²) in [5.41, 5.74) is 2.26. The molecule has 1 aromatic carbocycles. The molecule has 8 nitrogen and oxygen atoms in total. The molecule has 0 aliphatic carbocycles. The Hall–Kier alpha value is -3.23. The number of piperidine rings is 1. The Morgan fingerprint density at radius 3 is 2.49 bits per heavy atom. The van der Waals surface area contributed by atoms with Gasteiger partial charge >= 0.3 is 6.09 Å². The topological polar surface area (TPSA) is 76.4 Å². The number of aromatic nitrogens is 4. The Labute approximate surface area is 205 Å². The molecule has 1 amide bonds. The number of ether oxygens (including phenoxy) is 1.